The van der Waals surface area contributed by atoms with Gasteiger partial charge in [0.2, 0.25) is 11.8 Å². The lowest BCUT2D eigenvalue weighted by Gasteiger charge is -2.33. The topological polar surface area (TPSA) is 95.9 Å². The summed E-state index contributed by atoms with van der Waals surface area (Å²) in [4.78, 5) is 36.9. The number of carboxylic acid groups (broad SMARTS) is 1. The van der Waals surface area contributed by atoms with Gasteiger partial charge < -0.3 is 20.1 Å². The van der Waals surface area contributed by atoms with Crippen molar-refractivity contribution in [3.63, 3.8) is 0 Å². The van der Waals surface area contributed by atoms with Crippen molar-refractivity contribution in [3.05, 3.63) is 24.3 Å². The fourth-order valence-corrected chi connectivity index (χ4v) is 3.15. The molecular formula is C17H20N2O5. The zero-order chi connectivity index (χ0) is 17.3. The average molecular weight is 332 g/mol. The van der Waals surface area contributed by atoms with E-state index in [4.69, 9.17) is 9.84 Å². The SMILES string of the molecule is COc1ccc(N2CC(C(=O)NC3CC(C(=O)O)C3)CC2=O)cc1. The van der Waals surface area contributed by atoms with Crippen LogP contribution in [0.25, 0.3) is 0 Å². The number of ether oxygens (including phenoxy) is 1. The molecule has 1 aliphatic carbocycles. The van der Waals surface area contributed by atoms with E-state index >= 15 is 0 Å². The molecule has 1 aromatic carbocycles. The van der Waals surface area contributed by atoms with Gasteiger partial charge in [0.1, 0.15) is 5.75 Å². The molecule has 3 rings (SSSR count). The maximum atomic E-state index is 12.3. The lowest BCUT2D eigenvalue weighted by molar-refractivity contribution is -0.146. The Balaban J connectivity index is 1.56. The van der Waals surface area contributed by atoms with Gasteiger partial charge in [-0.15, -0.1) is 0 Å². The maximum Gasteiger partial charge on any atom is 0.306 e. The molecule has 0 radical (unpaired) electrons. The number of nitrogens with zero attached hydrogens (tertiary/aromatic N) is 1. The number of amides is 2. The summed E-state index contributed by atoms with van der Waals surface area (Å²) < 4.78 is 5.10. The summed E-state index contributed by atoms with van der Waals surface area (Å²) in [6, 6.07) is 7.04. The molecule has 2 amide bonds. The van der Waals surface area contributed by atoms with Crippen LogP contribution in [-0.2, 0) is 14.4 Å². The lowest BCUT2D eigenvalue weighted by atomic mass is 9.80. The number of methoxy groups -OCH3 is 1. The van der Waals surface area contributed by atoms with Gasteiger partial charge in [-0.05, 0) is 37.1 Å². The third-order valence-corrected chi connectivity index (χ3v) is 4.71. The van der Waals surface area contributed by atoms with Crippen LogP contribution in [0.15, 0.2) is 24.3 Å². The number of carbonyl (C=O) groups excluding carboxylic acids is 2. The van der Waals surface area contributed by atoms with Crippen LogP contribution in [0.3, 0.4) is 0 Å². The molecule has 1 atom stereocenters. The average Bonchev–Trinajstić information content (AvgIpc) is 2.92. The minimum Gasteiger partial charge on any atom is -0.497 e. The first-order chi connectivity index (χ1) is 11.5. The molecule has 2 N–H and O–H groups in total. The van der Waals surface area contributed by atoms with Gasteiger partial charge in [0, 0.05) is 24.7 Å². The van der Waals surface area contributed by atoms with Crippen LogP contribution in [0, 0.1) is 11.8 Å². The lowest BCUT2D eigenvalue weighted by Crippen LogP contribution is -2.48. The second-order valence-electron chi connectivity index (χ2n) is 6.32. The first-order valence-corrected chi connectivity index (χ1v) is 7.95. The van der Waals surface area contributed by atoms with Crippen molar-refractivity contribution in [1.82, 2.24) is 5.32 Å². The van der Waals surface area contributed by atoms with Crippen molar-refractivity contribution in [3.8, 4) is 5.75 Å². The molecule has 1 saturated heterocycles. The summed E-state index contributed by atoms with van der Waals surface area (Å²) in [5.41, 5.74) is 0.741. The number of anilines is 1. The van der Waals surface area contributed by atoms with Gasteiger partial charge in [-0.25, -0.2) is 0 Å². The molecule has 128 valence electrons. The van der Waals surface area contributed by atoms with Crippen molar-refractivity contribution >= 4 is 23.5 Å². The number of hydrogen-bond donors (Lipinski definition) is 2. The number of rotatable bonds is 5. The van der Waals surface area contributed by atoms with E-state index < -0.39 is 11.9 Å². The normalized spacial score (nSPS) is 26.0. The van der Waals surface area contributed by atoms with Crippen LogP contribution in [0.5, 0.6) is 5.75 Å². The Labute approximate surface area is 139 Å². The molecule has 1 aliphatic heterocycles. The van der Waals surface area contributed by atoms with E-state index in [1.54, 1.807) is 36.3 Å². The Morgan fingerprint density at radius 2 is 1.88 bits per heavy atom. The van der Waals surface area contributed by atoms with Crippen LogP contribution in [0.1, 0.15) is 19.3 Å². The number of nitrogens with one attached hydrogen (secondary N) is 1. The van der Waals surface area contributed by atoms with Crippen LogP contribution in [-0.4, -0.2) is 42.6 Å². The smallest absolute Gasteiger partial charge is 0.306 e. The van der Waals surface area contributed by atoms with E-state index in [1.165, 1.54) is 0 Å². The molecule has 2 fully saturated rings. The minimum atomic E-state index is -0.817. The summed E-state index contributed by atoms with van der Waals surface area (Å²) in [7, 11) is 1.58. The molecule has 1 unspecified atom stereocenters. The van der Waals surface area contributed by atoms with E-state index in [0.717, 1.165) is 5.69 Å². The summed E-state index contributed by atoms with van der Waals surface area (Å²) in [5.74, 6) is -1.13. The number of hydrogen-bond acceptors (Lipinski definition) is 4. The summed E-state index contributed by atoms with van der Waals surface area (Å²) in [6.07, 6.45) is 1.10. The van der Waals surface area contributed by atoms with Gasteiger partial charge in [0.25, 0.3) is 0 Å². The van der Waals surface area contributed by atoms with E-state index in [1.807, 2.05) is 0 Å². The summed E-state index contributed by atoms with van der Waals surface area (Å²) >= 11 is 0. The highest BCUT2D eigenvalue weighted by Crippen LogP contribution is 2.30. The molecule has 24 heavy (non-hydrogen) atoms. The molecule has 1 aromatic rings. The van der Waals surface area contributed by atoms with Gasteiger partial charge >= 0.3 is 5.97 Å². The van der Waals surface area contributed by atoms with E-state index in [0.29, 0.717) is 25.1 Å². The highest BCUT2D eigenvalue weighted by atomic mass is 16.5. The van der Waals surface area contributed by atoms with Crippen molar-refractivity contribution in [1.29, 1.82) is 0 Å². The second-order valence-corrected chi connectivity index (χ2v) is 6.32. The second kappa shape index (κ2) is 6.51. The van der Waals surface area contributed by atoms with E-state index in [9.17, 15) is 14.4 Å². The minimum absolute atomic E-state index is 0.0858. The molecule has 0 spiro atoms. The van der Waals surface area contributed by atoms with Crippen molar-refractivity contribution in [2.24, 2.45) is 11.8 Å². The van der Waals surface area contributed by atoms with E-state index in [2.05, 4.69) is 5.32 Å². The number of carbonyl (C=O) groups is 3. The van der Waals surface area contributed by atoms with E-state index in [-0.39, 0.29) is 30.2 Å². The van der Waals surface area contributed by atoms with Crippen LogP contribution < -0.4 is 15.0 Å². The standard InChI is InChI=1S/C17H20N2O5/c1-24-14-4-2-13(3-5-14)19-9-11(8-15(19)20)16(21)18-12-6-10(7-12)17(22)23/h2-5,10-12H,6-9H2,1H3,(H,18,21)(H,22,23). The van der Waals surface area contributed by atoms with Crippen LogP contribution in [0.2, 0.25) is 0 Å². The molecule has 0 bridgehead atoms. The van der Waals surface area contributed by atoms with Crippen molar-refractivity contribution < 1.29 is 24.2 Å². The summed E-state index contributed by atoms with van der Waals surface area (Å²) in [6.45, 7) is 0.339. The predicted molar refractivity (Wildman–Crippen MR) is 85.7 cm³/mol. The maximum absolute atomic E-state index is 12.3. The molecule has 1 saturated carbocycles. The van der Waals surface area contributed by atoms with Gasteiger partial charge in [-0.2, -0.15) is 0 Å². The molecule has 1 heterocycles. The van der Waals surface area contributed by atoms with Gasteiger partial charge in [-0.1, -0.05) is 0 Å². The Bertz CT molecular complexity index is 651. The zero-order valence-electron chi connectivity index (χ0n) is 13.4. The quantitative estimate of drug-likeness (QED) is 0.839. The monoisotopic (exact) mass is 332 g/mol. The fraction of sp³-hybridized carbons (Fsp3) is 0.471. The predicted octanol–water partition coefficient (Wildman–Crippen LogP) is 1.03. The molecule has 7 nitrogen and oxygen atoms in total. The largest absolute Gasteiger partial charge is 0.497 e. The molecule has 2 aliphatic rings. The first kappa shape index (κ1) is 16.3. The van der Waals surface area contributed by atoms with Crippen molar-refractivity contribution in [2.75, 3.05) is 18.6 Å². The van der Waals surface area contributed by atoms with Gasteiger partial charge in [0.15, 0.2) is 0 Å². The highest BCUT2D eigenvalue weighted by Gasteiger charge is 2.39. The first-order valence-electron chi connectivity index (χ1n) is 7.95. The van der Waals surface area contributed by atoms with Crippen LogP contribution in [0.4, 0.5) is 5.69 Å². The Hall–Kier alpha value is -2.57. The van der Waals surface area contributed by atoms with Gasteiger partial charge in [0.05, 0.1) is 18.9 Å². The highest BCUT2D eigenvalue weighted by molar-refractivity contribution is 6.00. The Kier molecular flexibility index (Phi) is 4.42. The van der Waals surface area contributed by atoms with Gasteiger partial charge in [-0.3, -0.25) is 14.4 Å². The number of benzene rings is 1. The zero-order valence-corrected chi connectivity index (χ0v) is 13.4. The Morgan fingerprint density at radius 3 is 2.46 bits per heavy atom. The van der Waals surface area contributed by atoms with Crippen molar-refractivity contribution in [2.45, 2.75) is 25.3 Å². The number of aliphatic carboxylic acids is 1. The fourth-order valence-electron chi connectivity index (χ4n) is 3.15. The molecular weight excluding hydrogens is 312 g/mol. The third kappa shape index (κ3) is 3.20. The van der Waals surface area contributed by atoms with Crippen LogP contribution >= 0.6 is 0 Å². The summed E-state index contributed by atoms with van der Waals surface area (Å²) in [5, 5.41) is 11.7. The third-order valence-electron chi connectivity index (χ3n) is 4.71. The number of carboxylic acids is 1. The molecule has 0 aromatic heterocycles. The Morgan fingerprint density at radius 1 is 1.21 bits per heavy atom. The molecule has 7 heteroatoms.